The first-order valence-electron chi connectivity index (χ1n) is 6.91. The van der Waals surface area contributed by atoms with Crippen molar-refractivity contribution in [1.29, 1.82) is 0 Å². The van der Waals surface area contributed by atoms with Crippen molar-refractivity contribution in [3.05, 3.63) is 18.2 Å². The van der Waals surface area contributed by atoms with Crippen LogP contribution in [0.25, 0.3) is 0 Å². The molecule has 102 valence electrons. The Morgan fingerprint density at radius 1 is 1.56 bits per heavy atom. The van der Waals surface area contributed by atoms with Crippen LogP contribution in [0.15, 0.2) is 12.5 Å². The molecule has 4 heteroatoms. The van der Waals surface area contributed by atoms with E-state index in [1.807, 2.05) is 12.5 Å². The summed E-state index contributed by atoms with van der Waals surface area (Å²) in [6.07, 6.45) is 5.12. The SMILES string of the molecule is CC(C)COCCn1cncc1C1(C)CCNC1. The van der Waals surface area contributed by atoms with Gasteiger partial charge in [0.05, 0.1) is 12.9 Å². The topological polar surface area (TPSA) is 39.1 Å². The number of imidazole rings is 1. The Balaban J connectivity index is 1.91. The van der Waals surface area contributed by atoms with Gasteiger partial charge in [-0.3, -0.25) is 0 Å². The van der Waals surface area contributed by atoms with E-state index in [1.54, 1.807) is 0 Å². The molecule has 2 rings (SSSR count). The van der Waals surface area contributed by atoms with E-state index in [4.69, 9.17) is 4.74 Å². The molecule has 0 bridgehead atoms. The molecule has 1 aromatic heterocycles. The van der Waals surface area contributed by atoms with Gasteiger partial charge in [-0.2, -0.15) is 0 Å². The van der Waals surface area contributed by atoms with E-state index in [9.17, 15) is 0 Å². The molecule has 1 N–H and O–H groups in total. The van der Waals surface area contributed by atoms with Crippen LogP contribution >= 0.6 is 0 Å². The standard InChI is InChI=1S/C14H25N3O/c1-12(2)9-18-7-6-17-11-16-8-13(17)14(3)4-5-15-10-14/h8,11-12,15H,4-7,9-10H2,1-3H3. The molecule has 1 aliphatic rings. The third-order valence-electron chi connectivity index (χ3n) is 3.63. The summed E-state index contributed by atoms with van der Waals surface area (Å²) in [6.45, 7) is 11.3. The Morgan fingerprint density at radius 2 is 2.39 bits per heavy atom. The molecule has 1 aliphatic heterocycles. The summed E-state index contributed by atoms with van der Waals surface area (Å²) in [5.74, 6) is 0.601. The maximum absolute atomic E-state index is 5.65. The van der Waals surface area contributed by atoms with E-state index < -0.39 is 0 Å². The summed E-state index contributed by atoms with van der Waals surface area (Å²) in [6, 6.07) is 0. The smallest absolute Gasteiger partial charge is 0.0949 e. The minimum atomic E-state index is 0.231. The quantitative estimate of drug-likeness (QED) is 0.784. The number of rotatable bonds is 6. The lowest BCUT2D eigenvalue weighted by Gasteiger charge is -2.24. The van der Waals surface area contributed by atoms with Crippen molar-refractivity contribution in [2.45, 2.75) is 39.2 Å². The van der Waals surface area contributed by atoms with Gasteiger partial charge >= 0.3 is 0 Å². The van der Waals surface area contributed by atoms with Crippen LogP contribution in [-0.2, 0) is 16.7 Å². The maximum Gasteiger partial charge on any atom is 0.0949 e. The highest BCUT2D eigenvalue weighted by atomic mass is 16.5. The first kappa shape index (κ1) is 13.6. The van der Waals surface area contributed by atoms with E-state index in [-0.39, 0.29) is 5.41 Å². The van der Waals surface area contributed by atoms with Crippen molar-refractivity contribution >= 4 is 0 Å². The zero-order chi connectivity index (χ0) is 13.0. The van der Waals surface area contributed by atoms with Crippen molar-refractivity contribution in [3.63, 3.8) is 0 Å². The van der Waals surface area contributed by atoms with E-state index in [0.29, 0.717) is 5.92 Å². The summed E-state index contributed by atoms with van der Waals surface area (Å²) < 4.78 is 7.90. The molecule has 0 spiro atoms. The lowest BCUT2D eigenvalue weighted by atomic mass is 9.86. The van der Waals surface area contributed by atoms with Gasteiger partial charge in [-0.05, 0) is 18.9 Å². The second kappa shape index (κ2) is 5.85. The molecule has 0 radical (unpaired) electrons. The fourth-order valence-electron chi connectivity index (χ4n) is 2.52. The van der Waals surface area contributed by atoms with Crippen LogP contribution in [0.3, 0.4) is 0 Å². The highest BCUT2D eigenvalue weighted by Crippen LogP contribution is 2.29. The van der Waals surface area contributed by atoms with Gasteiger partial charge in [0.1, 0.15) is 0 Å². The van der Waals surface area contributed by atoms with Gasteiger partial charge in [-0.15, -0.1) is 0 Å². The van der Waals surface area contributed by atoms with Gasteiger partial charge in [0, 0.05) is 37.0 Å². The van der Waals surface area contributed by atoms with Crippen molar-refractivity contribution < 1.29 is 4.74 Å². The molecule has 0 saturated carbocycles. The summed E-state index contributed by atoms with van der Waals surface area (Å²) in [4.78, 5) is 4.31. The van der Waals surface area contributed by atoms with Crippen LogP contribution in [0, 0.1) is 5.92 Å². The summed E-state index contributed by atoms with van der Waals surface area (Å²) in [5.41, 5.74) is 1.56. The molecule has 0 amide bonds. The lowest BCUT2D eigenvalue weighted by Crippen LogP contribution is -2.28. The van der Waals surface area contributed by atoms with Crippen LogP contribution in [0.1, 0.15) is 32.9 Å². The molecule has 1 aromatic rings. The number of nitrogens with one attached hydrogen (secondary N) is 1. The molecule has 1 atom stereocenters. The Morgan fingerprint density at radius 3 is 3.06 bits per heavy atom. The number of nitrogens with zero attached hydrogens (tertiary/aromatic N) is 2. The second-order valence-electron chi connectivity index (χ2n) is 5.93. The Hall–Kier alpha value is -0.870. The molecule has 18 heavy (non-hydrogen) atoms. The van der Waals surface area contributed by atoms with Crippen LogP contribution < -0.4 is 5.32 Å². The predicted octanol–water partition coefficient (Wildman–Crippen LogP) is 1.81. The lowest BCUT2D eigenvalue weighted by molar-refractivity contribution is 0.102. The fraction of sp³-hybridized carbons (Fsp3) is 0.786. The number of hydrogen-bond donors (Lipinski definition) is 1. The third-order valence-corrected chi connectivity index (χ3v) is 3.63. The Labute approximate surface area is 110 Å². The minimum Gasteiger partial charge on any atom is -0.379 e. The van der Waals surface area contributed by atoms with E-state index in [1.165, 1.54) is 12.1 Å². The van der Waals surface area contributed by atoms with E-state index in [0.717, 1.165) is 32.8 Å². The first-order valence-corrected chi connectivity index (χ1v) is 6.91. The first-order chi connectivity index (χ1) is 8.62. The molecule has 1 unspecified atom stereocenters. The van der Waals surface area contributed by atoms with Crippen molar-refractivity contribution in [3.8, 4) is 0 Å². The largest absolute Gasteiger partial charge is 0.379 e. The molecular formula is C14H25N3O. The second-order valence-corrected chi connectivity index (χ2v) is 5.93. The number of hydrogen-bond acceptors (Lipinski definition) is 3. The molecular weight excluding hydrogens is 226 g/mol. The molecule has 1 saturated heterocycles. The molecule has 1 fully saturated rings. The summed E-state index contributed by atoms with van der Waals surface area (Å²) >= 11 is 0. The highest BCUT2D eigenvalue weighted by Gasteiger charge is 2.33. The zero-order valence-corrected chi connectivity index (χ0v) is 11.8. The predicted molar refractivity (Wildman–Crippen MR) is 72.7 cm³/mol. The van der Waals surface area contributed by atoms with Crippen LogP contribution in [-0.4, -0.2) is 35.9 Å². The number of aromatic nitrogens is 2. The normalized spacial score (nSPS) is 24.0. The van der Waals surface area contributed by atoms with E-state index in [2.05, 4.69) is 35.6 Å². The van der Waals surface area contributed by atoms with Crippen LogP contribution in [0.4, 0.5) is 0 Å². The van der Waals surface area contributed by atoms with Crippen LogP contribution in [0.2, 0.25) is 0 Å². The maximum atomic E-state index is 5.65. The fourth-order valence-corrected chi connectivity index (χ4v) is 2.52. The van der Waals surface area contributed by atoms with Gasteiger partial charge in [0.2, 0.25) is 0 Å². The van der Waals surface area contributed by atoms with Gasteiger partial charge in [0.25, 0.3) is 0 Å². The Kier molecular flexibility index (Phi) is 4.40. The van der Waals surface area contributed by atoms with Gasteiger partial charge in [-0.25, -0.2) is 4.98 Å². The molecule has 0 aromatic carbocycles. The van der Waals surface area contributed by atoms with Crippen molar-refractivity contribution in [2.24, 2.45) is 5.92 Å². The van der Waals surface area contributed by atoms with E-state index >= 15 is 0 Å². The average Bonchev–Trinajstić information content (AvgIpc) is 2.93. The zero-order valence-electron chi connectivity index (χ0n) is 11.8. The van der Waals surface area contributed by atoms with Gasteiger partial charge in [0.15, 0.2) is 0 Å². The van der Waals surface area contributed by atoms with Crippen molar-refractivity contribution in [2.75, 3.05) is 26.3 Å². The highest BCUT2D eigenvalue weighted by molar-refractivity contribution is 5.17. The monoisotopic (exact) mass is 251 g/mol. The average molecular weight is 251 g/mol. The van der Waals surface area contributed by atoms with Gasteiger partial charge < -0.3 is 14.6 Å². The summed E-state index contributed by atoms with van der Waals surface area (Å²) in [7, 11) is 0. The minimum absolute atomic E-state index is 0.231. The Bertz CT molecular complexity index is 367. The van der Waals surface area contributed by atoms with Gasteiger partial charge in [-0.1, -0.05) is 20.8 Å². The third kappa shape index (κ3) is 3.12. The number of ether oxygens (including phenoxy) is 1. The van der Waals surface area contributed by atoms with Crippen molar-refractivity contribution in [1.82, 2.24) is 14.9 Å². The molecule has 0 aliphatic carbocycles. The summed E-state index contributed by atoms with van der Waals surface area (Å²) in [5, 5.41) is 3.44. The molecule has 2 heterocycles. The molecule has 4 nitrogen and oxygen atoms in total. The van der Waals surface area contributed by atoms with Crippen LogP contribution in [0.5, 0.6) is 0 Å².